The van der Waals surface area contributed by atoms with Gasteiger partial charge in [-0.3, -0.25) is 4.79 Å². The fourth-order valence-electron chi connectivity index (χ4n) is 3.27. The number of nitrogens with zero attached hydrogens (tertiary/aromatic N) is 6. The van der Waals surface area contributed by atoms with E-state index in [2.05, 4.69) is 36.0 Å². The first-order valence-corrected chi connectivity index (χ1v) is 10.4. The maximum atomic E-state index is 13.4. The fourth-order valence-corrected chi connectivity index (χ4v) is 3.76. The highest BCUT2D eigenvalue weighted by Gasteiger charge is 2.35. The first kappa shape index (κ1) is 21.4. The van der Waals surface area contributed by atoms with Crippen LogP contribution in [0.3, 0.4) is 0 Å². The maximum absolute atomic E-state index is 13.4. The minimum atomic E-state index is -4.56. The van der Waals surface area contributed by atoms with E-state index in [0.29, 0.717) is 24.2 Å². The molecular formula is C20H18BrF3N6O. The zero-order chi connectivity index (χ0) is 22.2. The third kappa shape index (κ3) is 4.76. The molecule has 2 aromatic heterocycles. The minimum Gasteiger partial charge on any atom is -0.328 e. The Kier molecular flexibility index (Phi) is 5.78. The summed E-state index contributed by atoms with van der Waals surface area (Å²) < 4.78 is 41.4. The van der Waals surface area contributed by atoms with E-state index in [1.165, 1.54) is 17.1 Å². The molecule has 1 unspecified atom stereocenters. The number of hydrogen-bond acceptors (Lipinski definition) is 5. The molecule has 1 aromatic carbocycles. The number of halogens is 4. The van der Waals surface area contributed by atoms with Gasteiger partial charge >= 0.3 is 6.18 Å². The topological polar surface area (TPSA) is 76.8 Å². The van der Waals surface area contributed by atoms with Gasteiger partial charge in [0.15, 0.2) is 5.82 Å². The van der Waals surface area contributed by atoms with Crippen LogP contribution in [0.25, 0.3) is 5.95 Å². The van der Waals surface area contributed by atoms with Crippen molar-refractivity contribution in [1.82, 2.24) is 29.6 Å². The van der Waals surface area contributed by atoms with Crippen LogP contribution in [0.4, 0.5) is 13.2 Å². The van der Waals surface area contributed by atoms with E-state index in [1.807, 2.05) is 0 Å². The first-order valence-electron chi connectivity index (χ1n) is 9.60. The van der Waals surface area contributed by atoms with Gasteiger partial charge in [0, 0.05) is 29.0 Å². The molecule has 0 aliphatic heterocycles. The van der Waals surface area contributed by atoms with Crippen molar-refractivity contribution in [2.24, 2.45) is 5.92 Å². The van der Waals surface area contributed by atoms with Crippen LogP contribution in [0, 0.1) is 5.92 Å². The summed E-state index contributed by atoms with van der Waals surface area (Å²) in [6.07, 6.45) is 1.84. The second-order valence-corrected chi connectivity index (χ2v) is 8.30. The minimum absolute atomic E-state index is 0.0452. The third-order valence-corrected chi connectivity index (χ3v) is 5.50. The molecule has 4 rings (SSSR count). The van der Waals surface area contributed by atoms with Crippen LogP contribution >= 0.6 is 15.9 Å². The highest BCUT2D eigenvalue weighted by molar-refractivity contribution is 9.10. The number of amides is 1. The number of carbonyl (C=O) groups excluding carboxylic acids is 1. The average molecular weight is 495 g/mol. The molecule has 3 aromatic rings. The molecule has 7 nitrogen and oxygen atoms in total. The molecule has 0 saturated heterocycles. The van der Waals surface area contributed by atoms with Gasteiger partial charge in [-0.1, -0.05) is 15.9 Å². The highest BCUT2D eigenvalue weighted by atomic mass is 79.9. The summed E-state index contributed by atoms with van der Waals surface area (Å²) in [6.45, 7) is 2.18. The van der Waals surface area contributed by atoms with Crippen LogP contribution < -0.4 is 0 Å². The van der Waals surface area contributed by atoms with Crippen LogP contribution in [0.2, 0.25) is 0 Å². The summed E-state index contributed by atoms with van der Waals surface area (Å²) >= 11 is 3.09. The molecule has 162 valence electrons. The normalized spacial score (nSPS) is 15.0. The van der Waals surface area contributed by atoms with Gasteiger partial charge in [0.1, 0.15) is 6.33 Å². The van der Waals surface area contributed by atoms with Gasteiger partial charge in [0.2, 0.25) is 0 Å². The molecule has 0 N–H and O–H groups in total. The molecule has 0 radical (unpaired) electrons. The SMILES string of the molecule is CC(c1ncnn1-c1ncccn1)N(CC1CC1)C(=O)c1cc(Br)cc(C(F)(F)F)c1. The zero-order valence-electron chi connectivity index (χ0n) is 16.4. The number of rotatable bonds is 6. The predicted molar refractivity (Wildman–Crippen MR) is 108 cm³/mol. The summed E-state index contributed by atoms with van der Waals surface area (Å²) in [5.41, 5.74) is -0.929. The lowest BCUT2D eigenvalue weighted by atomic mass is 10.1. The second-order valence-electron chi connectivity index (χ2n) is 7.38. The highest BCUT2D eigenvalue weighted by Crippen LogP contribution is 2.35. The van der Waals surface area contributed by atoms with Crippen LogP contribution in [0.15, 0.2) is 47.5 Å². The molecular weight excluding hydrogens is 477 g/mol. The molecule has 1 fully saturated rings. The van der Waals surface area contributed by atoms with E-state index in [4.69, 9.17) is 0 Å². The average Bonchev–Trinajstić information content (AvgIpc) is 3.43. The molecule has 31 heavy (non-hydrogen) atoms. The molecule has 1 amide bonds. The quantitative estimate of drug-likeness (QED) is 0.505. The Morgan fingerprint density at radius 3 is 2.58 bits per heavy atom. The van der Waals surface area contributed by atoms with Crippen LogP contribution in [-0.2, 0) is 6.18 Å². The van der Waals surface area contributed by atoms with E-state index in [0.717, 1.165) is 25.0 Å². The van der Waals surface area contributed by atoms with Crippen molar-refractivity contribution in [3.63, 3.8) is 0 Å². The summed E-state index contributed by atoms with van der Waals surface area (Å²) in [5.74, 6) is 0.522. The Bertz CT molecular complexity index is 1080. The number of benzene rings is 1. The van der Waals surface area contributed by atoms with Crippen molar-refractivity contribution in [3.05, 3.63) is 64.4 Å². The van der Waals surface area contributed by atoms with Crippen molar-refractivity contribution < 1.29 is 18.0 Å². The summed E-state index contributed by atoms with van der Waals surface area (Å²) in [7, 11) is 0. The Labute approximate surface area is 184 Å². The Morgan fingerprint density at radius 2 is 1.94 bits per heavy atom. The number of alkyl halides is 3. The first-order chi connectivity index (χ1) is 14.7. The summed E-state index contributed by atoms with van der Waals surface area (Å²) in [5, 5.41) is 4.16. The van der Waals surface area contributed by atoms with E-state index in [9.17, 15) is 18.0 Å². The van der Waals surface area contributed by atoms with Crippen molar-refractivity contribution in [3.8, 4) is 5.95 Å². The van der Waals surface area contributed by atoms with Crippen molar-refractivity contribution in [2.45, 2.75) is 32.0 Å². The van der Waals surface area contributed by atoms with E-state index in [-0.39, 0.29) is 10.0 Å². The monoisotopic (exact) mass is 494 g/mol. The molecule has 1 saturated carbocycles. The number of carbonyl (C=O) groups is 1. The van der Waals surface area contributed by atoms with E-state index in [1.54, 1.807) is 30.3 Å². The van der Waals surface area contributed by atoms with Crippen LogP contribution in [-0.4, -0.2) is 42.1 Å². The Morgan fingerprint density at radius 1 is 1.23 bits per heavy atom. The van der Waals surface area contributed by atoms with Crippen molar-refractivity contribution >= 4 is 21.8 Å². The second kappa shape index (κ2) is 8.37. The smallest absolute Gasteiger partial charge is 0.328 e. The van der Waals surface area contributed by atoms with Gasteiger partial charge in [-0.25, -0.2) is 15.0 Å². The van der Waals surface area contributed by atoms with Crippen molar-refractivity contribution in [2.75, 3.05) is 6.54 Å². The van der Waals surface area contributed by atoms with Gasteiger partial charge < -0.3 is 4.90 Å². The molecule has 1 aliphatic carbocycles. The Balaban J connectivity index is 1.70. The maximum Gasteiger partial charge on any atom is 0.416 e. The molecule has 11 heteroatoms. The summed E-state index contributed by atoms with van der Waals surface area (Å²) in [4.78, 5) is 27.5. The van der Waals surface area contributed by atoms with Gasteiger partial charge in [0.05, 0.1) is 11.6 Å². The predicted octanol–water partition coefficient (Wildman–Crippen LogP) is 4.45. The molecule has 0 spiro atoms. The van der Waals surface area contributed by atoms with Gasteiger partial charge in [-0.15, -0.1) is 0 Å². The van der Waals surface area contributed by atoms with Gasteiger partial charge in [-0.05, 0) is 49.9 Å². The molecule has 1 atom stereocenters. The lowest BCUT2D eigenvalue weighted by Crippen LogP contribution is -2.37. The van der Waals surface area contributed by atoms with E-state index >= 15 is 0 Å². The largest absolute Gasteiger partial charge is 0.416 e. The van der Waals surface area contributed by atoms with Crippen LogP contribution in [0.1, 0.15) is 47.6 Å². The molecule has 0 bridgehead atoms. The number of aromatic nitrogens is 5. The zero-order valence-corrected chi connectivity index (χ0v) is 18.0. The lowest BCUT2D eigenvalue weighted by molar-refractivity contribution is -0.137. The Hall–Kier alpha value is -2.82. The third-order valence-electron chi connectivity index (χ3n) is 5.04. The van der Waals surface area contributed by atoms with Gasteiger partial charge in [0.25, 0.3) is 11.9 Å². The fraction of sp³-hybridized carbons (Fsp3) is 0.350. The lowest BCUT2D eigenvalue weighted by Gasteiger charge is -2.29. The van der Waals surface area contributed by atoms with Crippen molar-refractivity contribution in [1.29, 1.82) is 0 Å². The number of hydrogen-bond donors (Lipinski definition) is 0. The molecule has 1 aliphatic rings. The summed E-state index contributed by atoms with van der Waals surface area (Å²) in [6, 6.07) is 4.33. The van der Waals surface area contributed by atoms with Gasteiger partial charge in [-0.2, -0.15) is 23.0 Å². The molecule has 2 heterocycles. The standard InChI is InChI=1S/C20H18BrF3N6O/c1-12(17-27-11-28-30(17)19-25-5-2-6-26-19)29(10-13-3-4-13)18(31)14-7-15(20(22,23)24)9-16(21)8-14/h2,5-9,11-13H,3-4,10H2,1H3. The van der Waals surface area contributed by atoms with E-state index < -0.39 is 23.7 Å². The van der Waals surface area contributed by atoms with Crippen LogP contribution in [0.5, 0.6) is 0 Å².